The van der Waals surface area contributed by atoms with Gasteiger partial charge < -0.3 is 15.0 Å². The van der Waals surface area contributed by atoms with Crippen LogP contribution < -0.4 is 10.5 Å². The topological polar surface area (TPSA) is 74.2 Å². The zero-order valence-electron chi connectivity index (χ0n) is 9.01. The van der Waals surface area contributed by atoms with E-state index >= 15 is 0 Å². The van der Waals surface area contributed by atoms with E-state index in [-0.39, 0.29) is 0 Å². The molecule has 2 N–H and O–H groups in total. The second-order valence-corrected chi connectivity index (χ2v) is 3.28. The van der Waals surface area contributed by atoms with Gasteiger partial charge in [0.05, 0.1) is 7.11 Å². The largest absolute Gasteiger partial charge is 0.497 e. The van der Waals surface area contributed by atoms with Gasteiger partial charge in [-0.1, -0.05) is 5.16 Å². The first kappa shape index (κ1) is 10.6. The van der Waals surface area contributed by atoms with Crippen molar-refractivity contribution in [3.63, 3.8) is 0 Å². The number of aromatic nitrogens is 2. The van der Waals surface area contributed by atoms with Crippen molar-refractivity contribution >= 4 is 0 Å². The van der Waals surface area contributed by atoms with E-state index in [0.717, 1.165) is 11.3 Å². The van der Waals surface area contributed by atoms with Crippen molar-refractivity contribution in [2.75, 3.05) is 13.7 Å². The van der Waals surface area contributed by atoms with E-state index in [0.29, 0.717) is 24.7 Å². The number of rotatable bonds is 4. The third kappa shape index (κ3) is 2.20. The number of hydrogen-bond acceptors (Lipinski definition) is 5. The molecule has 1 aromatic carbocycles. The molecular weight excluding hydrogens is 206 g/mol. The zero-order valence-corrected chi connectivity index (χ0v) is 9.01. The third-order valence-corrected chi connectivity index (χ3v) is 2.17. The average molecular weight is 219 g/mol. The fraction of sp³-hybridized carbons (Fsp3) is 0.273. The average Bonchev–Trinajstić information content (AvgIpc) is 2.78. The molecule has 0 radical (unpaired) electrons. The predicted molar refractivity (Wildman–Crippen MR) is 59.0 cm³/mol. The Balaban J connectivity index is 2.21. The number of nitrogens with zero attached hydrogens (tertiary/aromatic N) is 2. The molecule has 16 heavy (non-hydrogen) atoms. The molecule has 0 bridgehead atoms. The molecule has 0 aliphatic carbocycles. The maximum atomic E-state index is 5.40. The first-order valence-electron chi connectivity index (χ1n) is 5.00. The van der Waals surface area contributed by atoms with Crippen LogP contribution in [0.5, 0.6) is 5.75 Å². The molecular formula is C11H13N3O2. The molecule has 0 aliphatic rings. The number of nitrogens with two attached hydrogens (primary N) is 1. The summed E-state index contributed by atoms with van der Waals surface area (Å²) in [4.78, 5) is 4.23. The van der Waals surface area contributed by atoms with Crippen molar-refractivity contribution < 1.29 is 9.26 Å². The molecule has 5 heteroatoms. The van der Waals surface area contributed by atoms with Crippen LogP contribution in [-0.4, -0.2) is 23.8 Å². The van der Waals surface area contributed by atoms with Crippen LogP contribution >= 0.6 is 0 Å². The Morgan fingerprint density at radius 2 is 2.06 bits per heavy atom. The van der Waals surface area contributed by atoms with Gasteiger partial charge in [0.25, 0.3) is 0 Å². The van der Waals surface area contributed by atoms with Crippen LogP contribution in [0.15, 0.2) is 28.8 Å². The Labute approximate surface area is 93.2 Å². The summed E-state index contributed by atoms with van der Waals surface area (Å²) in [7, 11) is 1.63. The minimum Gasteiger partial charge on any atom is -0.497 e. The summed E-state index contributed by atoms with van der Waals surface area (Å²) < 4.78 is 10.1. The van der Waals surface area contributed by atoms with Crippen molar-refractivity contribution in [1.82, 2.24) is 10.1 Å². The molecule has 1 aromatic heterocycles. The van der Waals surface area contributed by atoms with Crippen molar-refractivity contribution in [3.05, 3.63) is 30.2 Å². The first-order chi connectivity index (χ1) is 7.83. The van der Waals surface area contributed by atoms with Gasteiger partial charge in [-0.15, -0.1) is 0 Å². The van der Waals surface area contributed by atoms with E-state index < -0.39 is 0 Å². The molecule has 0 saturated heterocycles. The summed E-state index contributed by atoms with van der Waals surface area (Å²) in [6.07, 6.45) is 0.600. The highest BCUT2D eigenvalue weighted by Gasteiger charge is 2.07. The summed E-state index contributed by atoms with van der Waals surface area (Å²) in [6, 6.07) is 7.48. The van der Waals surface area contributed by atoms with Crippen LogP contribution in [0.4, 0.5) is 0 Å². The van der Waals surface area contributed by atoms with E-state index in [9.17, 15) is 0 Å². The molecule has 0 saturated carbocycles. The SMILES string of the molecule is COc1ccc(-c2noc(CCN)n2)cc1. The van der Waals surface area contributed by atoms with Gasteiger partial charge in [-0.05, 0) is 24.3 Å². The van der Waals surface area contributed by atoms with Crippen molar-refractivity contribution in [1.29, 1.82) is 0 Å². The lowest BCUT2D eigenvalue weighted by Crippen LogP contribution is -2.02. The molecule has 0 aliphatic heterocycles. The molecule has 0 fully saturated rings. The van der Waals surface area contributed by atoms with Crippen LogP contribution in [0.3, 0.4) is 0 Å². The summed E-state index contributed by atoms with van der Waals surface area (Å²) in [5, 5.41) is 3.88. The molecule has 1 heterocycles. The lowest BCUT2D eigenvalue weighted by molar-refractivity contribution is 0.380. The van der Waals surface area contributed by atoms with Crippen LogP contribution in [0.2, 0.25) is 0 Å². The van der Waals surface area contributed by atoms with Gasteiger partial charge in [-0.2, -0.15) is 4.98 Å². The Morgan fingerprint density at radius 1 is 1.31 bits per heavy atom. The minimum atomic E-state index is 0.504. The normalized spacial score (nSPS) is 10.4. The smallest absolute Gasteiger partial charge is 0.228 e. The summed E-state index contributed by atoms with van der Waals surface area (Å²) >= 11 is 0. The lowest BCUT2D eigenvalue weighted by atomic mass is 10.2. The van der Waals surface area contributed by atoms with E-state index in [2.05, 4.69) is 10.1 Å². The lowest BCUT2D eigenvalue weighted by Gasteiger charge is -1.98. The van der Waals surface area contributed by atoms with Crippen LogP contribution in [0.1, 0.15) is 5.89 Å². The highest BCUT2D eigenvalue weighted by Crippen LogP contribution is 2.19. The fourth-order valence-electron chi connectivity index (χ4n) is 1.34. The fourth-order valence-corrected chi connectivity index (χ4v) is 1.34. The van der Waals surface area contributed by atoms with E-state index in [1.54, 1.807) is 7.11 Å². The second kappa shape index (κ2) is 4.76. The van der Waals surface area contributed by atoms with Gasteiger partial charge in [-0.3, -0.25) is 0 Å². The molecule has 2 rings (SSSR count). The quantitative estimate of drug-likeness (QED) is 0.837. The van der Waals surface area contributed by atoms with Crippen molar-refractivity contribution in [3.8, 4) is 17.1 Å². The van der Waals surface area contributed by atoms with Crippen molar-refractivity contribution in [2.45, 2.75) is 6.42 Å². The van der Waals surface area contributed by atoms with E-state index in [1.165, 1.54) is 0 Å². The Hall–Kier alpha value is -1.88. The maximum Gasteiger partial charge on any atom is 0.228 e. The molecule has 84 valence electrons. The third-order valence-electron chi connectivity index (χ3n) is 2.17. The Morgan fingerprint density at radius 3 is 2.69 bits per heavy atom. The highest BCUT2D eigenvalue weighted by molar-refractivity contribution is 5.55. The summed E-state index contributed by atoms with van der Waals surface area (Å²) in [5.74, 6) is 1.94. The predicted octanol–water partition coefficient (Wildman–Crippen LogP) is 1.25. The second-order valence-electron chi connectivity index (χ2n) is 3.28. The highest BCUT2D eigenvalue weighted by atomic mass is 16.5. The van der Waals surface area contributed by atoms with Gasteiger partial charge in [0.1, 0.15) is 5.75 Å². The van der Waals surface area contributed by atoms with Crippen LogP contribution in [0.25, 0.3) is 11.4 Å². The summed E-state index contributed by atoms with van der Waals surface area (Å²) in [5.41, 5.74) is 6.30. The molecule has 0 amide bonds. The van der Waals surface area contributed by atoms with E-state index in [1.807, 2.05) is 24.3 Å². The molecule has 0 atom stereocenters. The Bertz CT molecular complexity index is 451. The first-order valence-corrected chi connectivity index (χ1v) is 5.00. The summed E-state index contributed by atoms with van der Waals surface area (Å²) in [6.45, 7) is 0.504. The van der Waals surface area contributed by atoms with Gasteiger partial charge in [0, 0.05) is 18.5 Å². The van der Waals surface area contributed by atoms with Gasteiger partial charge >= 0.3 is 0 Å². The van der Waals surface area contributed by atoms with Crippen LogP contribution in [-0.2, 0) is 6.42 Å². The number of methoxy groups -OCH3 is 1. The monoisotopic (exact) mass is 219 g/mol. The standard InChI is InChI=1S/C11H13N3O2/c1-15-9-4-2-8(3-5-9)11-13-10(6-7-12)16-14-11/h2-5H,6-7,12H2,1H3. The van der Waals surface area contributed by atoms with Gasteiger partial charge in [0.2, 0.25) is 11.7 Å². The molecule has 5 nitrogen and oxygen atoms in total. The van der Waals surface area contributed by atoms with Gasteiger partial charge in [0.15, 0.2) is 0 Å². The van der Waals surface area contributed by atoms with Crippen LogP contribution in [0, 0.1) is 0 Å². The van der Waals surface area contributed by atoms with Crippen molar-refractivity contribution in [2.24, 2.45) is 5.73 Å². The minimum absolute atomic E-state index is 0.504. The maximum absolute atomic E-state index is 5.40. The molecule has 2 aromatic rings. The number of hydrogen-bond donors (Lipinski definition) is 1. The molecule has 0 spiro atoms. The zero-order chi connectivity index (χ0) is 11.4. The van der Waals surface area contributed by atoms with E-state index in [4.69, 9.17) is 15.0 Å². The Kier molecular flexibility index (Phi) is 3.16. The number of benzene rings is 1. The number of ether oxygens (including phenoxy) is 1. The van der Waals surface area contributed by atoms with Gasteiger partial charge in [-0.25, -0.2) is 0 Å². The molecule has 0 unspecified atom stereocenters.